The van der Waals surface area contributed by atoms with Crippen molar-refractivity contribution in [3.63, 3.8) is 0 Å². The maximum Gasteiger partial charge on any atom is 0.132 e. The molecule has 0 aromatic carbocycles. The van der Waals surface area contributed by atoms with Gasteiger partial charge in [-0.25, -0.2) is 0 Å². The molecule has 1 atom stereocenters. The molecule has 1 saturated carbocycles. The van der Waals surface area contributed by atoms with Crippen LogP contribution in [0.1, 0.15) is 84.6 Å². The van der Waals surface area contributed by atoms with E-state index in [1.807, 2.05) is 0 Å². The predicted octanol–water partition coefficient (Wildman–Crippen LogP) is 5.93. The number of hydrogen-bond donors (Lipinski definition) is 0. The van der Waals surface area contributed by atoms with Gasteiger partial charge in [0, 0.05) is 42.4 Å². The van der Waals surface area contributed by atoms with Crippen LogP contribution in [0.2, 0.25) is 0 Å². The topological polar surface area (TPSA) is 31.4 Å². The molecule has 2 aromatic rings. The molecule has 4 heteroatoms. The molecule has 146 valence electrons. The van der Waals surface area contributed by atoms with E-state index < -0.39 is 81.5 Å². The van der Waals surface area contributed by atoms with Gasteiger partial charge in [0.05, 0.1) is 15.5 Å². The Morgan fingerprint density at radius 1 is 1.30 bits per heavy atom. The van der Waals surface area contributed by atoms with Crippen molar-refractivity contribution in [2.75, 3.05) is 13.7 Å². The lowest BCUT2D eigenvalue weighted by Gasteiger charge is -2.46. The van der Waals surface area contributed by atoms with Crippen molar-refractivity contribution in [3.05, 3.63) is 46.4 Å². The average molecular weight is 398 g/mol. The fourth-order valence-corrected chi connectivity index (χ4v) is 4.32. The quantitative estimate of drug-likeness (QED) is 0.580. The summed E-state index contributed by atoms with van der Waals surface area (Å²) in [7, 11) is 1.36. The number of nitrogens with zero attached hydrogens (tertiary/aromatic N) is 1. The summed E-state index contributed by atoms with van der Waals surface area (Å²) >= 11 is 1.01. The molecule has 1 aliphatic carbocycles. The molecular formula is C23H31NO2S. The van der Waals surface area contributed by atoms with Gasteiger partial charge in [-0.15, -0.1) is 11.3 Å². The van der Waals surface area contributed by atoms with Crippen LogP contribution < -0.4 is 4.74 Å². The highest BCUT2D eigenvalue weighted by Gasteiger charge is 2.48. The number of aryl methyl sites for hydroxylation is 1. The number of pyridine rings is 1. The molecule has 2 aliphatic rings. The van der Waals surface area contributed by atoms with Gasteiger partial charge in [-0.05, 0) is 68.4 Å². The third kappa shape index (κ3) is 4.07. The summed E-state index contributed by atoms with van der Waals surface area (Å²) < 4.78 is 115. The standard InChI is InChI=1S/C23H31NO2S/c1-25-19-10-17-27-20(19)8-2-4-11-22(21-9-3-7-15-24-21)14-16-26-23(18-22)12-5-6-13-23/h3,7,9-10,15,17H,2,4-6,8,11-14,16,18H2,1H3/t22-/m1/s1/i4D2,5D2,6D2,8D2,11D2,16D2. The molecule has 0 radical (unpaired) electrons. The lowest BCUT2D eigenvalue weighted by atomic mass is 9.67. The van der Waals surface area contributed by atoms with Crippen LogP contribution in [0.15, 0.2) is 35.8 Å². The van der Waals surface area contributed by atoms with E-state index in [1.165, 1.54) is 25.4 Å². The molecule has 1 aliphatic heterocycles. The van der Waals surface area contributed by atoms with E-state index in [-0.39, 0.29) is 16.3 Å². The van der Waals surface area contributed by atoms with Crippen LogP contribution in [0.25, 0.3) is 0 Å². The molecule has 3 heterocycles. The number of ether oxygens (including phenoxy) is 2. The van der Waals surface area contributed by atoms with Crippen LogP contribution in [0.3, 0.4) is 0 Å². The van der Waals surface area contributed by atoms with Crippen LogP contribution in [0.4, 0.5) is 0 Å². The Kier molecular flexibility index (Phi) is 2.90. The Morgan fingerprint density at radius 3 is 2.96 bits per heavy atom. The normalized spacial score (nSPS) is 38.1. The molecule has 0 unspecified atom stereocenters. The first kappa shape index (κ1) is 9.41. The van der Waals surface area contributed by atoms with Crippen LogP contribution in [0, 0.1) is 0 Å². The molecule has 2 aromatic heterocycles. The van der Waals surface area contributed by atoms with Gasteiger partial charge in [0.15, 0.2) is 0 Å². The number of thiophene rings is 1. The van der Waals surface area contributed by atoms with Crippen molar-refractivity contribution in [1.29, 1.82) is 0 Å². The number of rotatable bonds is 7. The van der Waals surface area contributed by atoms with E-state index in [4.69, 9.17) is 23.2 Å². The second-order valence-electron chi connectivity index (χ2n) is 6.76. The third-order valence-electron chi connectivity index (χ3n) is 4.90. The van der Waals surface area contributed by atoms with Crippen molar-refractivity contribution >= 4 is 11.3 Å². The van der Waals surface area contributed by atoms with Gasteiger partial charge in [-0.3, -0.25) is 4.98 Å². The van der Waals surface area contributed by atoms with Crippen molar-refractivity contribution in [3.8, 4) is 5.75 Å². The average Bonchev–Trinajstić information content (AvgIpc) is 3.32. The Labute approximate surface area is 184 Å². The SMILES string of the molecule is [2H]C1([2H])C[C@](c2ccccn2)(C([2H])([2H])C([2H])([2H])CC([2H])([2H])c2sccc2OC)CC2(CC([2H])([2H])C([2H])([2H])C2)O1. The summed E-state index contributed by atoms with van der Waals surface area (Å²) in [6.45, 7) is -2.59. The van der Waals surface area contributed by atoms with Gasteiger partial charge in [0.25, 0.3) is 0 Å². The molecule has 0 amide bonds. The van der Waals surface area contributed by atoms with Gasteiger partial charge in [-0.1, -0.05) is 25.2 Å². The Morgan fingerprint density at radius 2 is 2.19 bits per heavy atom. The van der Waals surface area contributed by atoms with Gasteiger partial charge < -0.3 is 9.47 Å². The van der Waals surface area contributed by atoms with Crippen LogP contribution in [-0.2, 0) is 16.5 Å². The molecule has 0 N–H and O–H groups in total. The highest BCUT2D eigenvalue weighted by Crippen LogP contribution is 2.50. The number of hydrogen-bond acceptors (Lipinski definition) is 4. The predicted molar refractivity (Wildman–Crippen MR) is 111 cm³/mol. The Balaban J connectivity index is 1.87. The number of aromatic nitrogens is 1. The minimum Gasteiger partial charge on any atom is -0.496 e. The first-order valence-corrected chi connectivity index (χ1v) is 9.77. The summed E-state index contributed by atoms with van der Waals surface area (Å²) in [5, 5.41) is 1.59. The van der Waals surface area contributed by atoms with Gasteiger partial charge in [-0.2, -0.15) is 0 Å². The summed E-state index contributed by atoms with van der Waals surface area (Å²) in [6.07, 6.45) is -14.9. The Bertz CT molecular complexity index is 1190. The molecule has 2 fully saturated rings. The Hall–Kier alpha value is -1.39. The summed E-state index contributed by atoms with van der Waals surface area (Å²) in [6, 6.07) is 6.10. The van der Waals surface area contributed by atoms with E-state index in [0.717, 1.165) is 11.3 Å². The molecule has 1 saturated heterocycles. The minimum atomic E-state index is -2.97. The van der Waals surface area contributed by atoms with E-state index in [1.54, 1.807) is 17.5 Å². The zero-order chi connectivity index (χ0) is 29.3. The van der Waals surface area contributed by atoms with Gasteiger partial charge in [0.1, 0.15) is 5.75 Å². The second kappa shape index (κ2) is 8.32. The third-order valence-corrected chi connectivity index (χ3v) is 5.76. The van der Waals surface area contributed by atoms with Crippen LogP contribution >= 0.6 is 11.3 Å². The summed E-state index contributed by atoms with van der Waals surface area (Å²) in [5.41, 5.74) is -3.86. The molecule has 1 spiro atoms. The van der Waals surface area contributed by atoms with Crippen molar-refractivity contribution in [2.45, 2.75) is 75.0 Å². The van der Waals surface area contributed by atoms with Gasteiger partial charge in [0.2, 0.25) is 0 Å². The fourth-order valence-electron chi connectivity index (χ4n) is 3.57. The van der Waals surface area contributed by atoms with Crippen molar-refractivity contribution < 1.29 is 25.9 Å². The van der Waals surface area contributed by atoms with Crippen LogP contribution in [-0.4, -0.2) is 24.3 Å². The fraction of sp³-hybridized carbons (Fsp3) is 0.609. The summed E-state index contributed by atoms with van der Waals surface area (Å²) in [5.74, 6) is 0.206. The molecule has 4 rings (SSSR count). The summed E-state index contributed by atoms with van der Waals surface area (Å²) in [4.78, 5) is 4.38. The molecule has 0 bridgehead atoms. The first-order chi connectivity index (χ1) is 17.7. The second-order valence-corrected chi connectivity index (χ2v) is 7.68. The molecule has 3 nitrogen and oxygen atoms in total. The lowest BCUT2D eigenvalue weighted by Crippen LogP contribution is -2.46. The van der Waals surface area contributed by atoms with Gasteiger partial charge >= 0.3 is 0 Å². The van der Waals surface area contributed by atoms with Crippen molar-refractivity contribution in [1.82, 2.24) is 4.98 Å². The van der Waals surface area contributed by atoms with E-state index >= 15 is 0 Å². The smallest absolute Gasteiger partial charge is 0.132 e. The van der Waals surface area contributed by atoms with E-state index in [9.17, 15) is 2.74 Å². The minimum absolute atomic E-state index is 0.00714. The monoisotopic (exact) mass is 397 g/mol. The van der Waals surface area contributed by atoms with Crippen LogP contribution in [0.5, 0.6) is 5.75 Å². The maximum absolute atomic E-state index is 9.28. The maximum atomic E-state index is 9.28. The highest BCUT2D eigenvalue weighted by molar-refractivity contribution is 7.10. The van der Waals surface area contributed by atoms with E-state index in [0.29, 0.717) is 0 Å². The molecular weight excluding hydrogens is 354 g/mol. The van der Waals surface area contributed by atoms with E-state index in [2.05, 4.69) is 4.98 Å². The molecule has 27 heavy (non-hydrogen) atoms. The van der Waals surface area contributed by atoms with Crippen molar-refractivity contribution in [2.24, 2.45) is 0 Å². The zero-order valence-corrected chi connectivity index (χ0v) is 16.0. The zero-order valence-electron chi connectivity index (χ0n) is 27.2. The number of methoxy groups -OCH3 is 1. The highest BCUT2D eigenvalue weighted by atomic mass is 32.1. The largest absolute Gasteiger partial charge is 0.496 e. The first-order valence-electron chi connectivity index (χ1n) is 14.9. The lowest BCUT2D eigenvalue weighted by molar-refractivity contribution is -0.104.